The van der Waals surface area contributed by atoms with Gasteiger partial charge in [-0.2, -0.15) is 0 Å². The van der Waals surface area contributed by atoms with Gasteiger partial charge >= 0.3 is 5.97 Å². The third-order valence-corrected chi connectivity index (χ3v) is 3.84. The van der Waals surface area contributed by atoms with Crippen LogP contribution in [0.3, 0.4) is 0 Å². The van der Waals surface area contributed by atoms with Gasteiger partial charge in [0.25, 0.3) is 0 Å². The first kappa shape index (κ1) is 21.1. The molecule has 0 aromatic rings. The topological polar surface area (TPSA) is 66.8 Å². The fraction of sp³-hybridized carbons (Fsp3) is 0.833. The lowest BCUT2D eigenvalue weighted by molar-refractivity contribution is -0.267. The Morgan fingerprint density at radius 1 is 1.00 bits per heavy atom. The number of carboxylic acid groups (broad SMARTS) is 1. The Morgan fingerprint density at radius 2 is 1.59 bits per heavy atom. The first-order chi connectivity index (χ1) is 10.7. The summed E-state index contributed by atoms with van der Waals surface area (Å²) in [4.78, 5) is 14.8. The van der Waals surface area contributed by atoms with Gasteiger partial charge < -0.3 is 5.11 Å². The Kier molecular flexibility index (Phi) is 15.8. The lowest BCUT2D eigenvalue weighted by Crippen LogP contribution is -2.06. The van der Waals surface area contributed by atoms with Gasteiger partial charge in [0.15, 0.2) is 0 Å². The second-order valence-electron chi connectivity index (χ2n) is 5.98. The largest absolute Gasteiger partial charge is 0.481 e. The highest BCUT2D eigenvalue weighted by atomic mass is 17.1. The normalized spacial score (nSPS) is 12.8. The second-order valence-corrected chi connectivity index (χ2v) is 5.98. The summed E-state index contributed by atoms with van der Waals surface area (Å²) >= 11 is 0. The fourth-order valence-electron chi connectivity index (χ4n) is 2.44. The van der Waals surface area contributed by atoms with Gasteiger partial charge in [-0.25, -0.2) is 4.89 Å². The molecule has 4 nitrogen and oxygen atoms in total. The summed E-state index contributed by atoms with van der Waals surface area (Å²) in [6.07, 6.45) is 17.5. The standard InChI is InChI=1S/C18H34O4/c1-2-3-14-17(22-21)15-12-10-8-6-4-5-7-9-11-13-16-18(19)20/h12,15,17,21H,2-11,13-14,16H2,1H3,(H,19,20)/b15-12+/t17-/m1/s1. The molecule has 22 heavy (non-hydrogen) atoms. The molecule has 0 aromatic heterocycles. The number of carboxylic acids is 1. The quantitative estimate of drug-likeness (QED) is 0.169. The Labute approximate surface area is 135 Å². The summed E-state index contributed by atoms with van der Waals surface area (Å²) in [7, 11) is 0. The van der Waals surface area contributed by atoms with Crippen LogP contribution in [0.1, 0.15) is 90.4 Å². The summed E-state index contributed by atoms with van der Waals surface area (Å²) in [6.45, 7) is 2.13. The van der Waals surface area contributed by atoms with E-state index in [1.165, 1.54) is 32.1 Å². The van der Waals surface area contributed by atoms with Crippen molar-refractivity contribution < 1.29 is 20.0 Å². The molecule has 130 valence electrons. The van der Waals surface area contributed by atoms with E-state index in [4.69, 9.17) is 10.4 Å². The molecule has 1 atom stereocenters. The molecule has 0 bridgehead atoms. The van der Waals surface area contributed by atoms with Crippen molar-refractivity contribution in [1.29, 1.82) is 0 Å². The predicted octanol–water partition coefficient (Wildman–Crippen LogP) is 5.58. The van der Waals surface area contributed by atoms with Gasteiger partial charge in [0.05, 0.1) is 0 Å². The van der Waals surface area contributed by atoms with Crippen LogP contribution in [0, 0.1) is 0 Å². The highest BCUT2D eigenvalue weighted by Crippen LogP contribution is 2.11. The highest BCUT2D eigenvalue weighted by molar-refractivity contribution is 5.66. The number of hydrogen-bond acceptors (Lipinski definition) is 3. The molecule has 0 spiro atoms. The predicted molar refractivity (Wildman–Crippen MR) is 90.0 cm³/mol. The van der Waals surface area contributed by atoms with Crippen LogP contribution < -0.4 is 0 Å². The molecule has 0 aromatic carbocycles. The zero-order valence-corrected chi connectivity index (χ0v) is 14.1. The molecule has 0 unspecified atom stereocenters. The SMILES string of the molecule is CCCC[C@H](/C=C/CCCCCCCCCCC(=O)O)OO. The maximum atomic E-state index is 10.3. The monoisotopic (exact) mass is 314 g/mol. The van der Waals surface area contributed by atoms with Crippen LogP contribution >= 0.6 is 0 Å². The van der Waals surface area contributed by atoms with Crippen molar-refractivity contribution in [2.45, 2.75) is 96.5 Å². The zero-order chi connectivity index (χ0) is 16.5. The minimum atomic E-state index is -0.684. The number of rotatable bonds is 16. The van der Waals surface area contributed by atoms with E-state index in [0.717, 1.165) is 44.9 Å². The fourth-order valence-corrected chi connectivity index (χ4v) is 2.44. The van der Waals surface area contributed by atoms with E-state index in [1.807, 2.05) is 6.08 Å². The zero-order valence-electron chi connectivity index (χ0n) is 14.1. The summed E-state index contributed by atoms with van der Waals surface area (Å²) in [5.74, 6) is -0.684. The molecule has 0 heterocycles. The molecule has 0 radical (unpaired) electrons. The van der Waals surface area contributed by atoms with Gasteiger partial charge in [-0.15, -0.1) is 0 Å². The molecule has 0 aliphatic heterocycles. The van der Waals surface area contributed by atoms with E-state index >= 15 is 0 Å². The highest BCUT2D eigenvalue weighted by Gasteiger charge is 2.02. The van der Waals surface area contributed by atoms with Gasteiger partial charge in [0, 0.05) is 6.42 Å². The van der Waals surface area contributed by atoms with Crippen molar-refractivity contribution in [3.63, 3.8) is 0 Å². The molecule has 0 fully saturated rings. The third-order valence-electron chi connectivity index (χ3n) is 3.84. The third kappa shape index (κ3) is 15.5. The molecular weight excluding hydrogens is 280 g/mol. The maximum absolute atomic E-state index is 10.3. The van der Waals surface area contributed by atoms with E-state index in [2.05, 4.69) is 17.9 Å². The average molecular weight is 314 g/mol. The van der Waals surface area contributed by atoms with Gasteiger partial charge in [0.1, 0.15) is 6.10 Å². The summed E-state index contributed by atoms with van der Waals surface area (Å²) in [5.41, 5.74) is 0. The Balaban J connectivity index is 3.30. The van der Waals surface area contributed by atoms with Crippen LogP contribution in [0.4, 0.5) is 0 Å². The van der Waals surface area contributed by atoms with E-state index < -0.39 is 5.97 Å². The Morgan fingerprint density at radius 3 is 2.14 bits per heavy atom. The van der Waals surface area contributed by atoms with E-state index in [1.54, 1.807) is 0 Å². The molecule has 2 N–H and O–H groups in total. The lowest BCUT2D eigenvalue weighted by Gasteiger charge is -2.07. The van der Waals surface area contributed by atoms with Gasteiger partial charge in [-0.1, -0.05) is 70.4 Å². The van der Waals surface area contributed by atoms with Crippen molar-refractivity contribution in [2.24, 2.45) is 0 Å². The smallest absolute Gasteiger partial charge is 0.303 e. The minimum absolute atomic E-state index is 0.147. The molecular formula is C18H34O4. The van der Waals surface area contributed by atoms with E-state index in [9.17, 15) is 4.79 Å². The van der Waals surface area contributed by atoms with Crippen LogP contribution in [0.5, 0.6) is 0 Å². The summed E-state index contributed by atoms with van der Waals surface area (Å²) < 4.78 is 0. The molecule has 0 rings (SSSR count). The molecule has 4 heteroatoms. The summed E-state index contributed by atoms with van der Waals surface area (Å²) in [5, 5.41) is 17.3. The molecule has 0 saturated heterocycles. The first-order valence-electron chi connectivity index (χ1n) is 8.89. The number of aliphatic carboxylic acids is 1. The van der Waals surface area contributed by atoms with Crippen molar-refractivity contribution in [2.75, 3.05) is 0 Å². The number of unbranched alkanes of at least 4 members (excludes halogenated alkanes) is 9. The first-order valence-corrected chi connectivity index (χ1v) is 8.89. The average Bonchev–Trinajstić information content (AvgIpc) is 2.51. The van der Waals surface area contributed by atoms with E-state index in [-0.39, 0.29) is 6.10 Å². The van der Waals surface area contributed by atoms with E-state index in [0.29, 0.717) is 6.42 Å². The van der Waals surface area contributed by atoms with Crippen molar-refractivity contribution in [3.05, 3.63) is 12.2 Å². The van der Waals surface area contributed by atoms with Crippen molar-refractivity contribution >= 4 is 5.97 Å². The van der Waals surface area contributed by atoms with Crippen molar-refractivity contribution in [1.82, 2.24) is 0 Å². The van der Waals surface area contributed by atoms with Gasteiger partial charge in [0.2, 0.25) is 0 Å². The van der Waals surface area contributed by atoms with Crippen LogP contribution in [0.15, 0.2) is 12.2 Å². The number of hydrogen-bond donors (Lipinski definition) is 2. The Hall–Kier alpha value is -0.870. The van der Waals surface area contributed by atoms with Crippen LogP contribution in [-0.2, 0) is 9.68 Å². The number of allylic oxidation sites excluding steroid dienone is 1. The minimum Gasteiger partial charge on any atom is -0.481 e. The molecule has 0 aliphatic carbocycles. The second kappa shape index (κ2) is 16.5. The number of carbonyl (C=O) groups is 1. The molecule has 0 amide bonds. The summed E-state index contributed by atoms with van der Waals surface area (Å²) in [6, 6.07) is 0. The van der Waals surface area contributed by atoms with Gasteiger partial charge in [-0.05, 0) is 25.7 Å². The Bertz CT molecular complexity index is 276. The van der Waals surface area contributed by atoms with Crippen LogP contribution in [0.25, 0.3) is 0 Å². The lowest BCUT2D eigenvalue weighted by atomic mass is 10.1. The maximum Gasteiger partial charge on any atom is 0.303 e. The van der Waals surface area contributed by atoms with Gasteiger partial charge in [-0.3, -0.25) is 10.1 Å². The van der Waals surface area contributed by atoms with Crippen LogP contribution in [0.2, 0.25) is 0 Å². The van der Waals surface area contributed by atoms with Crippen LogP contribution in [-0.4, -0.2) is 22.4 Å². The molecule has 0 saturated carbocycles. The van der Waals surface area contributed by atoms with Crippen molar-refractivity contribution in [3.8, 4) is 0 Å². The molecule has 0 aliphatic rings.